The van der Waals surface area contributed by atoms with Crippen LogP contribution in [-0.4, -0.2) is 19.5 Å². The van der Waals surface area contributed by atoms with Gasteiger partial charge in [-0.3, -0.25) is 0 Å². The van der Waals surface area contributed by atoms with E-state index >= 15 is 0 Å². The van der Waals surface area contributed by atoms with Gasteiger partial charge < -0.3 is 9.47 Å². The Bertz CT molecular complexity index is 115. The molecule has 0 amide bonds. The molecular formula is C11H22O2. The number of rotatable bonds is 8. The topological polar surface area (TPSA) is 18.5 Å². The molecule has 2 nitrogen and oxygen atoms in total. The third-order valence-electron chi connectivity index (χ3n) is 1.68. The highest BCUT2D eigenvalue weighted by Gasteiger charge is 2.00. The lowest BCUT2D eigenvalue weighted by Crippen LogP contribution is -2.13. The molecule has 0 heterocycles. The summed E-state index contributed by atoms with van der Waals surface area (Å²) in [6.07, 6.45) is 7.58. The van der Waals surface area contributed by atoms with Gasteiger partial charge in [0.2, 0.25) is 0 Å². The van der Waals surface area contributed by atoms with E-state index in [2.05, 4.69) is 13.0 Å². The van der Waals surface area contributed by atoms with Crippen molar-refractivity contribution in [2.24, 2.45) is 0 Å². The highest BCUT2D eigenvalue weighted by molar-refractivity contribution is 4.85. The molecule has 78 valence electrons. The first-order chi connectivity index (χ1) is 6.35. The number of hydrogen-bond acceptors (Lipinski definition) is 2. The Hall–Kier alpha value is -0.340. The second-order valence-corrected chi connectivity index (χ2v) is 2.85. The number of allylic oxidation sites excluding steroid dienone is 1. The molecule has 0 bridgehead atoms. The van der Waals surface area contributed by atoms with E-state index in [-0.39, 0.29) is 6.29 Å². The molecule has 0 N–H and O–H groups in total. The van der Waals surface area contributed by atoms with Crippen molar-refractivity contribution in [2.45, 2.75) is 46.3 Å². The minimum absolute atomic E-state index is 0.146. The molecule has 0 aliphatic heterocycles. The lowest BCUT2D eigenvalue weighted by molar-refractivity contribution is -0.104. The Balaban J connectivity index is 3.58. The fourth-order valence-electron chi connectivity index (χ4n) is 1.02. The summed E-state index contributed by atoms with van der Waals surface area (Å²) < 4.78 is 10.7. The fraction of sp³-hybridized carbons (Fsp3) is 0.818. The SMILES string of the molecule is CCCC/C=C/C(OCC)OCC. The van der Waals surface area contributed by atoms with Crippen LogP contribution in [0.1, 0.15) is 40.0 Å². The molecule has 0 unspecified atom stereocenters. The average Bonchev–Trinajstić information content (AvgIpc) is 2.13. The first-order valence-electron chi connectivity index (χ1n) is 5.24. The van der Waals surface area contributed by atoms with Crippen LogP contribution < -0.4 is 0 Å². The van der Waals surface area contributed by atoms with Crippen LogP contribution in [0.4, 0.5) is 0 Å². The second kappa shape index (κ2) is 9.75. The number of unbranched alkanes of at least 4 members (excludes halogenated alkanes) is 2. The summed E-state index contributed by atoms with van der Waals surface area (Å²) in [5, 5.41) is 0. The van der Waals surface area contributed by atoms with Crippen LogP contribution in [0.25, 0.3) is 0 Å². The molecule has 0 fully saturated rings. The lowest BCUT2D eigenvalue weighted by atomic mass is 10.2. The summed E-state index contributed by atoms with van der Waals surface area (Å²) >= 11 is 0. The van der Waals surface area contributed by atoms with E-state index in [9.17, 15) is 0 Å². The third kappa shape index (κ3) is 8.00. The molecule has 0 saturated carbocycles. The number of ether oxygens (including phenoxy) is 2. The second-order valence-electron chi connectivity index (χ2n) is 2.85. The molecule has 0 spiro atoms. The molecule has 13 heavy (non-hydrogen) atoms. The fourth-order valence-corrected chi connectivity index (χ4v) is 1.02. The maximum Gasteiger partial charge on any atom is 0.176 e. The Morgan fingerprint density at radius 2 is 1.69 bits per heavy atom. The summed E-state index contributed by atoms with van der Waals surface area (Å²) in [5.74, 6) is 0. The highest BCUT2D eigenvalue weighted by atomic mass is 16.7. The van der Waals surface area contributed by atoms with Gasteiger partial charge in [0.25, 0.3) is 0 Å². The van der Waals surface area contributed by atoms with Crippen molar-refractivity contribution in [2.75, 3.05) is 13.2 Å². The van der Waals surface area contributed by atoms with Gasteiger partial charge in [-0.1, -0.05) is 25.8 Å². The molecule has 0 aliphatic rings. The van der Waals surface area contributed by atoms with E-state index in [4.69, 9.17) is 9.47 Å². The van der Waals surface area contributed by atoms with Crippen LogP contribution in [-0.2, 0) is 9.47 Å². The minimum atomic E-state index is -0.146. The normalized spacial score (nSPS) is 11.7. The zero-order valence-electron chi connectivity index (χ0n) is 9.08. The Morgan fingerprint density at radius 3 is 2.15 bits per heavy atom. The predicted molar refractivity (Wildman–Crippen MR) is 55.7 cm³/mol. The van der Waals surface area contributed by atoms with Gasteiger partial charge in [-0.05, 0) is 26.3 Å². The van der Waals surface area contributed by atoms with Crippen LogP contribution in [0.3, 0.4) is 0 Å². The van der Waals surface area contributed by atoms with Crippen LogP contribution >= 0.6 is 0 Å². The Kier molecular flexibility index (Phi) is 9.49. The van der Waals surface area contributed by atoms with E-state index in [0.717, 1.165) is 6.42 Å². The van der Waals surface area contributed by atoms with Crippen molar-refractivity contribution < 1.29 is 9.47 Å². The van der Waals surface area contributed by atoms with E-state index in [1.165, 1.54) is 12.8 Å². The van der Waals surface area contributed by atoms with Gasteiger partial charge in [0.1, 0.15) is 0 Å². The molecule has 0 aromatic carbocycles. The van der Waals surface area contributed by atoms with Crippen LogP contribution in [0, 0.1) is 0 Å². The Morgan fingerprint density at radius 1 is 1.08 bits per heavy atom. The van der Waals surface area contributed by atoms with Gasteiger partial charge in [0.15, 0.2) is 6.29 Å². The van der Waals surface area contributed by atoms with Crippen molar-refractivity contribution in [1.29, 1.82) is 0 Å². The maximum atomic E-state index is 5.35. The molecule has 0 atom stereocenters. The molecule has 0 aromatic heterocycles. The molecular weight excluding hydrogens is 164 g/mol. The zero-order chi connectivity index (χ0) is 9.94. The molecule has 0 rings (SSSR count). The highest BCUT2D eigenvalue weighted by Crippen LogP contribution is 2.01. The monoisotopic (exact) mass is 186 g/mol. The predicted octanol–water partition coefficient (Wildman–Crippen LogP) is 3.13. The van der Waals surface area contributed by atoms with Gasteiger partial charge in [-0.15, -0.1) is 0 Å². The first kappa shape index (κ1) is 12.7. The summed E-state index contributed by atoms with van der Waals surface area (Å²) in [4.78, 5) is 0. The van der Waals surface area contributed by atoms with Crippen molar-refractivity contribution in [1.82, 2.24) is 0 Å². The summed E-state index contributed by atoms with van der Waals surface area (Å²) in [5.41, 5.74) is 0. The molecule has 0 radical (unpaired) electrons. The minimum Gasteiger partial charge on any atom is -0.349 e. The van der Waals surface area contributed by atoms with Gasteiger partial charge in [-0.25, -0.2) is 0 Å². The van der Waals surface area contributed by atoms with E-state index in [0.29, 0.717) is 13.2 Å². The van der Waals surface area contributed by atoms with Crippen molar-refractivity contribution in [3.05, 3.63) is 12.2 Å². The zero-order valence-corrected chi connectivity index (χ0v) is 9.08. The standard InChI is InChI=1S/C11H22O2/c1-4-7-8-9-10-11(12-5-2)13-6-3/h9-11H,4-8H2,1-3H3/b10-9+. The van der Waals surface area contributed by atoms with E-state index in [1.807, 2.05) is 19.9 Å². The van der Waals surface area contributed by atoms with Crippen LogP contribution in [0.2, 0.25) is 0 Å². The third-order valence-corrected chi connectivity index (χ3v) is 1.68. The summed E-state index contributed by atoms with van der Waals surface area (Å²) in [6.45, 7) is 7.54. The largest absolute Gasteiger partial charge is 0.349 e. The maximum absolute atomic E-state index is 5.35. The van der Waals surface area contributed by atoms with Crippen molar-refractivity contribution in [3.63, 3.8) is 0 Å². The van der Waals surface area contributed by atoms with E-state index in [1.54, 1.807) is 0 Å². The van der Waals surface area contributed by atoms with Gasteiger partial charge in [0.05, 0.1) is 0 Å². The quantitative estimate of drug-likeness (QED) is 0.329. The van der Waals surface area contributed by atoms with E-state index < -0.39 is 0 Å². The molecule has 0 aliphatic carbocycles. The number of hydrogen-bond donors (Lipinski definition) is 0. The van der Waals surface area contributed by atoms with Crippen LogP contribution in [0.15, 0.2) is 12.2 Å². The Labute approximate surface area is 81.9 Å². The lowest BCUT2D eigenvalue weighted by Gasteiger charge is -2.12. The van der Waals surface area contributed by atoms with Crippen LogP contribution in [0.5, 0.6) is 0 Å². The van der Waals surface area contributed by atoms with Gasteiger partial charge in [0, 0.05) is 13.2 Å². The molecule has 0 saturated heterocycles. The molecule has 0 aromatic rings. The average molecular weight is 186 g/mol. The van der Waals surface area contributed by atoms with Gasteiger partial charge in [-0.2, -0.15) is 0 Å². The van der Waals surface area contributed by atoms with Gasteiger partial charge >= 0.3 is 0 Å². The smallest absolute Gasteiger partial charge is 0.176 e. The summed E-state index contributed by atoms with van der Waals surface area (Å²) in [7, 11) is 0. The first-order valence-corrected chi connectivity index (χ1v) is 5.24. The van der Waals surface area contributed by atoms with Crippen molar-refractivity contribution in [3.8, 4) is 0 Å². The van der Waals surface area contributed by atoms with Crippen molar-refractivity contribution >= 4 is 0 Å². The summed E-state index contributed by atoms with van der Waals surface area (Å²) in [6, 6.07) is 0. The molecule has 2 heteroatoms.